The first kappa shape index (κ1) is 23.6. The Bertz CT molecular complexity index is 455. The number of hydrogen-bond donors (Lipinski definition) is 1. The fraction of sp³-hybridized carbons (Fsp3) is 0.810. The van der Waals surface area contributed by atoms with Gasteiger partial charge in [-0.05, 0) is 38.5 Å². The molecule has 1 N–H and O–H groups in total. The first-order valence-electron chi connectivity index (χ1n) is 10.1. The topological polar surface area (TPSA) is 73.9 Å². The minimum Gasteiger partial charge on any atom is -0.496 e. The number of ether oxygens (including phenoxy) is 3. The molecule has 0 radical (unpaired) electrons. The number of allylic oxidation sites excluding steroid dienone is 1. The zero-order valence-corrected chi connectivity index (χ0v) is 17.3. The third kappa shape index (κ3) is 11.1. The van der Waals surface area contributed by atoms with Crippen LogP contribution < -0.4 is 5.32 Å². The van der Waals surface area contributed by atoms with Gasteiger partial charge in [-0.15, -0.1) is 0 Å². The Balaban J connectivity index is 1.96. The average Bonchev–Trinajstić information content (AvgIpc) is 2.64. The highest BCUT2D eigenvalue weighted by Gasteiger charge is 2.27. The summed E-state index contributed by atoms with van der Waals surface area (Å²) in [4.78, 5) is 23.9. The molecule has 0 aliphatic heterocycles. The van der Waals surface area contributed by atoms with Crippen LogP contribution in [0.4, 0.5) is 0 Å². The van der Waals surface area contributed by atoms with Gasteiger partial charge in [0.05, 0.1) is 32.2 Å². The van der Waals surface area contributed by atoms with Crippen molar-refractivity contribution < 1.29 is 23.8 Å². The van der Waals surface area contributed by atoms with Crippen LogP contribution in [0.25, 0.3) is 0 Å². The van der Waals surface area contributed by atoms with Crippen molar-refractivity contribution in [1.29, 1.82) is 0 Å². The highest BCUT2D eigenvalue weighted by atomic mass is 16.5. The Morgan fingerprint density at radius 2 is 1.59 bits per heavy atom. The van der Waals surface area contributed by atoms with Crippen molar-refractivity contribution in [3.8, 4) is 0 Å². The monoisotopic (exact) mass is 383 g/mol. The van der Waals surface area contributed by atoms with E-state index in [4.69, 9.17) is 14.2 Å². The van der Waals surface area contributed by atoms with Gasteiger partial charge in [0.25, 0.3) is 0 Å². The number of amides is 1. The molecule has 6 nitrogen and oxygen atoms in total. The summed E-state index contributed by atoms with van der Waals surface area (Å²) in [6.07, 6.45) is 4.31. The second-order valence-electron chi connectivity index (χ2n) is 7.60. The van der Waals surface area contributed by atoms with Gasteiger partial charge in [0.2, 0.25) is 5.91 Å². The summed E-state index contributed by atoms with van der Waals surface area (Å²) < 4.78 is 15.9. The molecular formula is C21H37NO5. The zero-order chi connectivity index (χ0) is 20.1. The molecule has 1 fully saturated rings. The highest BCUT2D eigenvalue weighted by molar-refractivity contribution is 5.82. The Morgan fingerprint density at radius 1 is 1.00 bits per heavy atom. The third-order valence-electron chi connectivity index (χ3n) is 4.83. The van der Waals surface area contributed by atoms with Crippen LogP contribution in [0.1, 0.15) is 52.9 Å². The third-order valence-corrected chi connectivity index (χ3v) is 4.83. The number of ketones is 1. The van der Waals surface area contributed by atoms with Gasteiger partial charge in [-0.1, -0.05) is 20.4 Å². The molecule has 0 spiro atoms. The summed E-state index contributed by atoms with van der Waals surface area (Å²) in [5.74, 6) is 1.92. The van der Waals surface area contributed by atoms with E-state index < -0.39 is 0 Å². The summed E-state index contributed by atoms with van der Waals surface area (Å²) in [6, 6.07) is 0. The van der Waals surface area contributed by atoms with E-state index in [1.165, 1.54) is 0 Å². The lowest BCUT2D eigenvalue weighted by atomic mass is 9.78. The predicted molar refractivity (Wildman–Crippen MR) is 105 cm³/mol. The number of hydrogen-bond acceptors (Lipinski definition) is 5. The van der Waals surface area contributed by atoms with Crippen LogP contribution in [0.3, 0.4) is 0 Å². The molecule has 156 valence electrons. The predicted octanol–water partition coefficient (Wildman–Crippen LogP) is 3.11. The quantitative estimate of drug-likeness (QED) is 0.368. The molecule has 6 heteroatoms. The largest absolute Gasteiger partial charge is 0.496 e. The van der Waals surface area contributed by atoms with Crippen LogP contribution in [-0.2, 0) is 23.8 Å². The minimum atomic E-state index is 0.0196. The minimum absolute atomic E-state index is 0.0196. The maximum Gasteiger partial charge on any atom is 0.222 e. The summed E-state index contributed by atoms with van der Waals surface area (Å²) >= 11 is 0. The standard InChI is InChI=1S/C21H37NO5/c1-16(2)21(24)19-7-5-18(6-8-19)15-22-20(23)9-10-25-11-12-26-13-14-27-17(3)4/h16,18-19H,3,5-15H2,1-2,4H3,(H,22,23). The van der Waals surface area contributed by atoms with E-state index >= 15 is 0 Å². The number of nitrogens with one attached hydrogen (secondary N) is 1. The molecule has 0 atom stereocenters. The van der Waals surface area contributed by atoms with Crippen molar-refractivity contribution in [2.75, 3.05) is 39.6 Å². The van der Waals surface area contributed by atoms with Crippen LogP contribution in [0, 0.1) is 17.8 Å². The number of carbonyl (C=O) groups is 2. The number of rotatable bonds is 14. The lowest BCUT2D eigenvalue weighted by molar-refractivity contribution is -0.127. The van der Waals surface area contributed by atoms with Gasteiger partial charge in [-0.3, -0.25) is 9.59 Å². The average molecular weight is 384 g/mol. The fourth-order valence-corrected chi connectivity index (χ4v) is 3.23. The van der Waals surface area contributed by atoms with E-state index in [-0.39, 0.29) is 17.7 Å². The molecule has 1 amide bonds. The van der Waals surface area contributed by atoms with Gasteiger partial charge < -0.3 is 19.5 Å². The van der Waals surface area contributed by atoms with Gasteiger partial charge in [0, 0.05) is 24.8 Å². The van der Waals surface area contributed by atoms with Gasteiger partial charge in [0.15, 0.2) is 0 Å². The van der Waals surface area contributed by atoms with Crippen LogP contribution in [-0.4, -0.2) is 51.3 Å². The maximum absolute atomic E-state index is 12.0. The smallest absolute Gasteiger partial charge is 0.222 e. The molecule has 27 heavy (non-hydrogen) atoms. The zero-order valence-electron chi connectivity index (χ0n) is 17.3. The molecule has 0 aromatic heterocycles. The Kier molecular flexibility index (Phi) is 12.0. The van der Waals surface area contributed by atoms with Crippen LogP contribution >= 0.6 is 0 Å². The second kappa shape index (κ2) is 13.7. The maximum atomic E-state index is 12.0. The lowest BCUT2D eigenvalue weighted by Crippen LogP contribution is -2.33. The van der Waals surface area contributed by atoms with Crippen molar-refractivity contribution in [2.45, 2.75) is 52.9 Å². The van der Waals surface area contributed by atoms with Crippen LogP contribution in [0.15, 0.2) is 12.3 Å². The molecule has 1 aliphatic carbocycles. The Hall–Kier alpha value is -1.40. The highest BCUT2D eigenvalue weighted by Crippen LogP contribution is 2.30. The van der Waals surface area contributed by atoms with Gasteiger partial charge in [-0.25, -0.2) is 0 Å². The molecule has 0 saturated heterocycles. The first-order valence-corrected chi connectivity index (χ1v) is 10.1. The second-order valence-corrected chi connectivity index (χ2v) is 7.60. The van der Waals surface area contributed by atoms with Gasteiger partial charge >= 0.3 is 0 Å². The van der Waals surface area contributed by atoms with E-state index in [0.717, 1.165) is 25.7 Å². The van der Waals surface area contributed by atoms with E-state index in [0.29, 0.717) is 63.5 Å². The molecule has 0 bridgehead atoms. The summed E-state index contributed by atoms with van der Waals surface area (Å²) in [7, 11) is 0. The summed E-state index contributed by atoms with van der Waals surface area (Å²) in [5.41, 5.74) is 0. The molecule has 1 rings (SSSR count). The van der Waals surface area contributed by atoms with E-state index in [2.05, 4.69) is 11.9 Å². The van der Waals surface area contributed by atoms with Crippen molar-refractivity contribution in [2.24, 2.45) is 17.8 Å². The molecule has 0 aromatic rings. The van der Waals surface area contributed by atoms with Crippen LogP contribution in [0.2, 0.25) is 0 Å². The van der Waals surface area contributed by atoms with E-state index in [9.17, 15) is 9.59 Å². The normalized spacial score (nSPS) is 19.7. The van der Waals surface area contributed by atoms with E-state index in [1.807, 2.05) is 13.8 Å². The summed E-state index contributed by atoms with van der Waals surface area (Å²) in [6.45, 7) is 12.4. The number of carbonyl (C=O) groups excluding carboxylic acids is 2. The van der Waals surface area contributed by atoms with Gasteiger partial charge in [0.1, 0.15) is 12.4 Å². The first-order chi connectivity index (χ1) is 12.9. The number of Topliss-reactive ketones (excluding diaryl/α,β-unsaturated/α-hetero) is 1. The summed E-state index contributed by atoms with van der Waals surface area (Å²) in [5, 5.41) is 2.99. The molecule has 0 unspecified atom stereocenters. The van der Waals surface area contributed by atoms with Crippen LogP contribution in [0.5, 0.6) is 0 Å². The van der Waals surface area contributed by atoms with Gasteiger partial charge in [-0.2, -0.15) is 0 Å². The fourth-order valence-electron chi connectivity index (χ4n) is 3.23. The Labute approximate surface area is 164 Å². The SMILES string of the molecule is C=C(C)OCCOCCOCCC(=O)NCC1CCC(C(=O)C(C)C)CC1. The van der Waals surface area contributed by atoms with Crippen molar-refractivity contribution in [1.82, 2.24) is 5.32 Å². The molecule has 1 aliphatic rings. The Morgan fingerprint density at radius 3 is 2.19 bits per heavy atom. The molecule has 0 heterocycles. The lowest BCUT2D eigenvalue weighted by Gasteiger charge is -2.28. The molecule has 0 aromatic carbocycles. The van der Waals surface area contributed by atoms with Crippen molar-refractivity contribution in [3.63, 3.8) is 0 Å². The van der Waals surface area contributed by atoms with E-state index in [1.54, 1.807) is 6.92 Å². The molecular weight excluding hydrogens is 346 g/mol. The van der Waals surface area contributed by atoms with Crippen molar-refractivity contribution >= 4 is 11.7 Å². The molecule has 1 saturated carbocycles. The van der Waals surface area contributed by atoms with Crippen molar-refractivity contribution in [3.05, 3.63) is 12.3 Å².